The van der Waals surface area contributed by atoms with Gasteiger partial charge in [-0.05, 0) is 42.3 Å². The van der Waals surface area contributed by atoms with Gasteiger partial charge in [0.1, 0.15) is 5.60 Å². The fourth-order valence-corrected chi connectivity index (χ4v) is 6.17. The summed E-state index contributed by atoms with van der Waals surface area (Å²) in [4.78, 5) is 5.38. The molecule has 146 valence electrons. The monoisotopic (exact) mass is 452 g/mol. The molecule has 1 spiro atoms. The van der Waals surface area contributed by atoms with Crippen molar-refractivity contribution in [1.29, 1.82) is 5.26 Å². The van der Waals surface area contributed by atoms with Crippen LogP contribution in [0.5, 0.6) is 0 Å². The number of benzene rings is 1. The summed E-state index contributed by atoms with van der Waals surface area (Å²) in [7, 11) is 0. The van der Waals surface area contributed by atoms with Crippen LogP contribution in [-0.2, 0) is 4.74 Å². The van der Waals surface area contributed by atoms with Crippen molar-refractivity contribution in [2.24, 2.45) is 0 Å². The number of nitrogens with one attached hydrogen (secondary N) is 1. The Hall–Kier alpha value is -0.980. The fourth-order valence-electron chi connectivity index (χ4n) is 3.38. The summed E-state index contributed by atoms with van der Waals surface area (Å²) in [6, 6.07) is 11.3. The predicted octanol–water partition coefficient (Wildman–Crippen LogP) is 4.10. The van der Waals surface area contributed by atoms with Crippen molar-refractivity contribution in [2.75, 3.05) is 32.8 Å². The van der Waals surface area contributed by atoms with Gasteiger partial charge in [0.25, 0.3) is 0 Å². The lowest BCUT2D eigenvalue weighted by atomic mass is 10.0. The van der Waals surface area contributed by atoms with Crippen molar-refractivity contribution in [3.8, 4) is 6.07 Å². The number of morpholine rings is 1. The van der Waals surface area contributed by atoms with Crippen LogP contribution in [0.4, 0.5) is 0 Å². The second-order valence-electron chi connectivity index (χ2n) is 6.68. The van der Waals surface area contributed by atoms with Crippen LogP contribution < -0.4 is 5.32 Å². The average molecular weight is 453 g/mol. The van der Waals surface area contributed by atoms with Gasteiger partial charge in [0, 0.05) is 37.3 Å². The molecule has 9 heteroatoms. The first-order valence-corrected chi connectivity index (χ1v) is 11.2. The normalized spacial score (nSPS) is 25.1. The third-order valence-corrected chi connectivity index (χ3v) is 7.83. The molecule has 4 rings (SSSR count). The van der Waals surface area contributed by atoms with Gasteiger partial charge in [-0.25, -0.2) is 9.29 Å². The van der Waals surface area contributed by atoms with Crippen LogP contribution in [0.1, 0.15) is 5.56 Å². The molecule has 3 heterocycles. The van der Waals surface area contributed by atoms with Crippen LogP contribution in [0.3, 0.4) is 0 Å². The van der Waals surface area contributed by atoms with Crippen molar-refractivity contribution in [3.05, 3.63) is 52.1 Å². The fraction of sp³-hybridized carbons (Fsp3) is 0.368. The molecule has 2 fully saturated rings. The quantitative estimate of drug-likeness (QED) is 0.700. The molecule has 2 aliphatic rings. The molecular weight excluding hydrogens is 435 g/mol. The van der Waals surface area contributed by atoms with E-state index in [2.05, 4.69) is 20.7 Å². The van der Waals surface area contributed by atoms with E-state index in [0.717, 1.165) is 36.1 Å². The molecule has 1 N–H and O–H groups in total. The Bertz CT molecular complexity index is 884. The molecule has 0 bridgehead atoms. The van der Waals surface area contributed by atoms with Gasteiger partial charge in [-0.15, -0.1) is 0 Å². The minimum atomic E-state index is -0.281. The third kappa shape index (κ3) is 4.44. The molecule has 0 radical (unpaired) electrons. The summed E-state index contributed by atoms with van der Waals surface area (Å²) in [5.41, 5.74) is 0.283. The van der Waals surface area contributed by atoms with E-state index in [4.69, 9.17) is 33.2 Å². The summed E-state index contributed by atoms with van der Waals surface area (Å²) < 4.78 is 8.59. The third-order valence-electron chi connectivity index (χ3n) is 4.74. The highest BCUT2D eigenvalue weighted by Gasteiger charge is 2.49. The van der Waals surface area contributed by atoms with Gasteiger partial charge < -0.3 is 10.1 Å². The molecule has 0 amide bonds. The zero-order valence-electron chi connectivity index (χ0n) is 14.9. The number of thioether (sulfide) groups is 1. The van der Waals surface area contributed by atoms with Gasteiger partial charge in [0.05, 0.1) is 38.6 Å². The van der Waals surface area contributed by atoms with Crippen LogP contribution in [-0.4, -0.2) is 52.9 Å². The predicted molar refractivity (Wildman–Crippen MR) is 114 cm³/mol. The van der Waals surface area contributed by atoms with Crippen LogP contribution in [0.25, 0.3) is 0 Å². The van der Waals surface area contributed by atoms with Gasteiger partial charge in [-0.2, -0.15) is 5.26 Å². The highest BCUT2D eigenvalue weighted by molar-refractivity contribution is 8.00. The molecule has 1 aromatic heterocycles. The van der Waals surface area contributed by atoms with Crippen molar-refractivity contribution in [1.82, 2.24) is 14.6 Å². The molecule has 0 aliphatic carbocycles. The van der Waals surface area contributed by atoms with Crippen LogP contribution in [0.15, 0.2) is 46.5 Å². The summed E-state index contributed by atoms with van der Waals surface area (Å²) in [5, 5.41) is 14.9. The van der Waals surface area contributed by atoms with E-state index in [-0.39, 0.29) is 10.9 Å². The highest BCUT2D eigenvalue weighted by atomic mass is 35.5. The first kappa shape index (κ1) is 20.3. The van der Waals surface area contributed by atoms with Crippen LogP contribution in [0.2, 0.25) is 10.0 Å². The number of aromatic nitrogens is 1. The number of hydrogen-bond donors (Lipinski definition) is 1. The number of halogens is 2. The zero-order chi connectivity index (χ0) is 19.6. The first-order chi connectivity index (χ1) is 13.6. The maximum Gasteiger partial charge on any atom is 0.108 e. The molecule has 0 saturated carbocycles. The summed E-state index contributed by atoms with van der Waals surface area (Å²) in [6.07, 6.45) is 1.68. The lowest BCUT2D eigenvalue weighted by molar-refractivity contribution is -0.0502. The molecule has 2 saturated heterocycles. The molecule has 1 aromatic carbocycles. The van der Waals surface area contributed by atoms with Crippen molar-refractivity contribution in [2.45, 2.75) is 20.8 Å². The van der Waals surface area contributed by atoms with Gasteiger partial charge in [-0.3, -0.25) is 0 Å². The van der Waals surface area contributed by atoms with Crippen molar-refractivity contribution in [3.63, 3.8) is 0 Å². The van der Waals surface area contributed by atoms with Crippen LogP contribution in [0, 0.1) is 11.3 Å². The molecule has 2 aromatic rings. The summed E-state index contributed by atoms with van der Waals surface area (Å²) in [6.45, 7) is 3.98. The maximum absolute atomic E-state index is 9.03. The van der Waals surface area contributed by atoms with Gasteiger partial charge in [-0.1, -0.05) is 35.0 Å². The molecular formula is C19H18Cl2N4OS2. The second-order valence-corrected chi connectivity index (χ2v) is 9.89. The van der Waals surface area contributed by atoms with Crippen LogP contribution >= 0.6 is 46.9 Å². The summed E-state index contributed by atoms with van der Waals surface area (Å²) in [5.74, 6) is 0. The standard InChI is InChI=1S/C19H18Cl2N4OS2/c20-14-2-4-18(24-9-14)27-17-10-25(12-19(17)11-23-5-6-26-19)28-16-3-1-13(8-22)7-15(16)21/h1-4,7,9,17,23H,5-6,10-12H2/t17-,19+/m0/s1. The molecule has 0 unspecified atom stereocenters. The largest absolute Gasteiger partial charge is 0.370 e. The lowest BCUT2D eigenvalue weighted by Gasteiger charge is -2.38. The molecule has 5 nitrogen and oxygen atoms in total. The smallest absolute Gasteiger partial charge is 0.108 e. The Balaban J connectivity index is 1.52. The minimum absolute atomic E-state index is 0.221. The first-order valence-electron chi connectivity index (χ1n) is 8.83. The Morgan fingerprint density at radius 3 is 2.89 bits per heavy atom. The minimum Gasteiger partial charge on any atom is -0.370 e. The van der Waals surface area contributed by atoms with Crippen molar-refractivity contribution >= 4 is 46.9 Å². The lowest BCUT2D eigenvalue weighted by Crippen LogP contribution is -2.56. The Morgan fingerprint density at radius 2 is 2.21 bits per heavy atom. The topological polar surface area (TPSA) is 61.2 Å². The molecule has 28 heavy (non-hydrogen) atoms. The van der Waals surface area contributed by atoms with E-state index < -0.39 is 0 Å². The van der Waals surface area contributed by atoms with E-state index in [1.54, 1.807) is 42.0 Å². The van der Waals surface area contributed by atoms with Crippen molar-refractivity contribution < 1.29 is 4.74 Å². The van der Waals surface area contributed by atoms with Gasteiger partial charge >= 0.3 is 0 Å². The Kier molecular flexibility index (Phi) is 6.38. The number of pyridine rings is 1. The Labute approximate surface area is 182 Å². The number of rotatable bonds is 4. The van der Waals surface area contributed by atoms with E-state index in [1.165, 1.54) is 0 Å². The highest BCUT2D eigenvalue weighted by Crippen LogP contribution is 2.43. The van der Waals surface area contributed by atoms with E-state index >= 15 is 0 Å². The number of nitrogens with zero attached hydrogens (tertiary/aromatic N) is 3. The Morgan fingerprint density at radius 1 is 1.32 bits per heavy atom. The van der Waals surface area contributed by atoms with E-state index in [0.29, 0.717) is 22.2 Å². The van der Waals surface area contributed by atoms with Gasteiger partial charge in [0.15, 0.2) is 0 Å². The SMILES string of the molecule is N#Cc1ccc(SN2C[C@H](Sc3ccc(Cl)cn3)[C@@]3(CNCCO3)C2)c(Cl)c1. The number of hydrogen-bond acceptors (Lipinski definition) is 7. The number of nitriles is 1. The second kappa shape index (κ2) is 8.80. The maximum atomic E-state index is 9.03. The summed E-state index contributed by atoms with van der Waals surface area (Å²) >= 11 is 15.7. The average Bonchev–Trinajstić information content (AvgIpc) is 3.01. The van der Waals surface area contributed by atoms with E-state index in [9.17, 15) is 0 Å². The van der Waals surface area contributed by atoms with Gasteiger partial charge in [0.2, 0.25) is 0 Å². The molecule has 2 atom stereocenters. The number of ether oxygens (including phenoxy) is 1. The van der Waals surface area contributed by atoms with E-state index in [1.807, 2.05) is 18.2 Å². The molecule has 2 aliphatic heterocycles. The zero-order valence-corrected chi connectivity index (χ0v) is 18.0.